The van der Waals surface area contributed by atoms with Gasteiger partial charge in [-0.3, -0.25) is 0 Å². The van der Waals surface area contributed by atoms with Gasteiger partial charge in [0.1, 0.15) is 17.6 Å². The molecule has 0 fully saturated rings. The number of nitrogens with one attached hydrogen (secondary N) is 1. The lowest BCUT2D eigenvalue weighted by molar-refractivity contribution is 0.199. The molecule has 1 aliphatic rings. The summed E-state index contributed by atoms with van der Waals surface area (Å²) in [6.07, 6.45) is 1.23. The van der Waals surface area contributed by atoms with Gasteiger partial charge in [-0.1, -0.05) is 0 Å². The van der Waals surface area contributed by atoms with Crippen molar-refractivity contribution in [1.29, 1.82) is 0 Å². The third-order valence-electron chi connectivity index (χ3n) is 3.10. The predicted octanol–water partition coefficient (Wildman–Crippen LogP) is 1.75. The summed E-state index contributed by atoms with van der Waals surface area (Å²) < 4.78 is 16.2. The van der Waals surface area contributed by atoms with Gasteiger partial charge in [-0.15, -0.1) is 0 Å². The molecule has 4 nitrogen and oxygen atoms in total. The molecule has 1 unspecified atom stereocenters. The SMILES string of the molecule is COCCNCc1cc2c(cc1OC)CC(C)O2. The highest BCUT2D eigenvalue weighted by molar-refractivity contribution is 5.48. The van der Waals surface area contributed by atoms with Gasteiger partial charge in [-0.25, -0.2) is 0 Å². The molecule has 0 saturated heterocycles. The summed E-state index contributed by atoms with van der Waals surface area (Å²) in [4.78, 5) is 0. The largest absolute Gasteiger partial charge is 0.496 e. The van der Waals surface area contributed by atoms with E-state index in [1.54, 1.807) is 14.2 Å². The van der Waals surface area contributed by atoms with Crippen LogP contribution in [-0.4, -0.2) is 33.5 Å². The van der Waals surface area contributed by atoms with Crippen molar-refractivity contribution < 1.29 is 14.2 Å². The molecule has 0 aromatic heterocycles. The van der Waals surface area contributed by atoms with E-state index in [9.17, 15) is 0 Å². The average molecular weight is 251 g/mol. The molecular weight excluding hydrogens is 230 g/mol. The summed E-state index contributed by atoms with van der Waals surface area (Å²) in [5, 5.41) is 3.32. The quantitative estimate of drug-likeness (QED) is 0.782. The van der Waals surface area contributed by atoms with Crippen LogP contribution in [0.5, 0.6) is 11.5 Å². The first kappa shape index (κ1) is 13.2. The van der Waals surface area contributed by atoms with Crippen molar-refractivity contribution in [2.24, 2.45) is 0 Å². The third-order valence-corrected chi connectivity index (χ3v) is 3.10. The lowest BCUT2D eigenvalue weighted by Gasteiger charge is -2.11. The van der Waals surface area contributed by atoms with Gasteiger partial charge in [0, 0.05) is 37.7 Å². The van der Waals surface area contributed by atoms with Crippen molar-refractivity contribution in [2.45, 2.75) is 26.0 Å². The molecule has 1 aliphatic heterocycles. The Labute approximate surface area is 108 Å². The van der Waals surface area contributed by atoms with Gasteiger partial charge in [-0.05, 0) is 19.1 Å². The number of fused-ring (bicyclic) bond motifs is 1. The monoisotopic (exact) mass is 251 g/mol. The standard InChI is InChI=1S/C14H21NO3/c1-10-6-11-7-13(17-3)12(8-14(11)18-10)9-15-4-5-16-2/h7-8,10,15H,4-6,9H2,1-3H3. The Hall–Kier alpha value is -1.26. The van der Waals surface area contributed by atoms with Gasteiger partial charge in [0.15, 0.2) is 0 Å². The van der Waals surface area contributed by atoms with Gasteiger partial charge < -0.3 is 19.5 Å². The molecule has 0 radical (unpaired) electrons. The minimum absolute atomic E-state index is 0.265. The fraction of sp³-hybridized carbons (Fsp3) is 0.571. The number of benzene rings is 1. The minimum atomic E-state index is 0.265. The Morgan fingerprint density at radius 2 is 2.22 bits per heavy atom. The Morgan fingerprint density at radius 1 is 1.39 bits per heavy atom. The van der Waals surface area contributed by atoms with E-state index in [1.807, 2.05) is 0 Å². The van der Waals surface area contributed by atoms with E-state index in [0.29, 0.717) is 6.61 Å². The Morgan fingerprint density at radius 3 is 2.94 bits per heavy atom. The zero-order valence-corrected chi connectivity index (χ0v) is 11.3. The molecular formula is C14H21NO3. The summed E-state index contributed by atoms with van der Waals surface area (Å²) in [6.45, 7) is 4.38. The summed E-state index contributed by atoms with van der Waals surface area (Å²) in [5.41, 5.74) is 2.36. The van der Waals surface area contributed by atoms with Crippen LogP contribution in [0.15, 0.2) is 12.1 Å². The van der Waals surface area contributed by atoms with E-state index in [-0.39, 0.29) is 6.10 Å². The van der Waals surface area contributed by atoms with Gasteiger partial charge >= 0.3 is 0 Å². The van der Waals surface area contributed by atoms with E-state index in [2.05, 4.69) is 24.4 Å². The highest BCUT2D eigenvalue weighted by atomic mass is 16.5. The molecule has 0 bridgehead atoms. The van der Waals surface area contributed by atoms with Crippen molar-refractivity contribution in [3.8, 4) is 11.5 Å². The number of rotatable bonds is 6. The topological polar surface area (TPSA) is 39.7 Å². The molecule has 1 heterocycles. The van der Waals surface area contributed by atoms with Gasteiger partial charge in [-0.2, -0.15) is 0 Å². The number of hydrogen-bond donors (Lipinski definition) is 1. The van der Waals surface area contributed by atoms with E-state index in [1.165, 1.54) is 5.56 Å². The number of methoxy groups -OCH3 is 2. The molecule has 2 rings (SSSR count). The van der Waals surface area contributed by atoms with Crippen LogP contribution in [0, 0.1) is 0 Å². The zero-order chi connectivity index (χ0) is 13.0. The first-order valence-electron chi connectivity index (χ1n) is 6.30. The van der Waals surface area contributed by atoms with Crippen LogP contribution in [0.2, 0.25) is 0 Å². The Kier molecular flexibility index (Phi) is 4.44. The van der Waals surface area contributed by atoms with Crippen LogP contribution in [0.25, 0.3) is 0 Å². The highest BCUT2D eigenvalue weighted by Gasteiger charge is 2.21. The molecule has 0 amide bonds. The highest BCUT2D eigenvalue weighted by Crippen LogP contribution is 2.34. The second kappa shape index (κ2) is 6.07. The maximum atomic E-state index is 5.77. The van der Waals surface area contributed by atoms with Crippen LogP contribution < -0.4 is 14.8 Å². The van der Waals surface area contributed by atoms with E-state index >= 15 is 0 Å². The van der Waals surface area contributed by atoms with Crippen LogP contribution >= 0.6 is 0 Å². The first-order valence-corrected chi connectivity index (χ1v) is 6.30. The first-order chi connectivity index (χ1) is 8.74. The van der Waals surface area contributed by atoms with Crippen LogP contribution in [0.1, 0.15) is 18.1 Å². The Balaban J connectivity index is 2.07. The molecule has 100 valence electrons. The number of hydrogen-bond acceptors (Lipinski definition) is 4. The summed E-state index contributed by atoms with van der Waals surface area (Å²) in [5.74, 6) is 1.92. The van der Waals surface area contributed by atoms with Crippen LogP contribution in [0.4, 0.5) is 0 Å². The fourth-order valence-corrected chi connectivity index (χ4v) is 2.21. The second-order valence-electron chi connectivity index (χ2n) is 4.57. The normalized spacial score (nSPS) is 17.4. The van der Waals surface area contributed by atoms with Gasteiger partial charge in [0.25, 0.3) is 0 Å². The molecule has 0 saturated carbocycles. The van der Waals surface area contributed by atoms with Gasteiger partial charge in [0.05, 0.1) is 13.7 Å². The van der Waals surface area contributed by atoms with E-state index in [4.69, 9.17) is 14.2 Å². The van der Waals surface area contributed by atoms with Crippen LogP contribution in [0.3, 0.4) is 0 Å². The summed E-state index contributed by atoms with van der Waals surface area (Å²) in [6, 6.07) is 4.17. The Bertz CT molecular complexity index is 406. The average Bonchev–Trinajstić information content (AvgIpc) is 2.72. The van der Waals surface area contributed by atoms with E-state index < -0.39 is 0 Å². The summed E-state index contributed by atoms with van der Waals surface area (Å²) >= 11 is 0. The maximum Gasteiger partial charge on any atom is 0.123 e. The lowest BCUT2D eigenvalue weighted by atomic mass is 10.1. The molecule has 18 heavy (non-hydrogen) atoms. The van der Waals surface area contributed by atoms with Crippen molar-refractivity contribution in [3.63, 3.8) is 0 Å². The zero-order valence-electron chi connectivity index (χ0n) is 11.3. The minimum Gasteiger partial charge on any atom is -0.496 e. The van der Waals surface area contributed by atoms with Crippen LogP contribution in [-0.2, 0) is 17.7 Å². The molecule has 1 aromatic rings. The lowest BCUT2D eigenvalue weighted by Crippen LogP contribution is -2.19. The van der Waals surface area contributed by atoms with Crippen molar-refractivity contribution >= 4 is 0 Å². The third kappa shape index (κ3) is 2.94. The predicted molar refractivity (Wildman–Crippen MR) is 70.4 cm³/mol. The van der Waals surface area contributed by atoms with Crippen molar-refractivity contribution in [1.82, 2.24) is 5.32 Å². The smallest absolute Gasteiger partial charge is 0.123 e. The van der Waals surface area contributed by atoms with Crippen molar-refractivity contribution in [2.75, 3.05) is 27.4 Å². The molecule has 0 spiro atoms. The second-order valence-corrected chi connectivity index (χ2v) is 4.57. The number of ether oxygens (including phenoxy) is 3. The molecule has 1 atom stereocenters. The van der Waals surface area contributed by atoms with Crippen molar-refractivity contribution in [3.05, 3.63) is 23.3 Å². The fourth-order valence-electron chi connectivity index (χ4n) is 2.21. The van der Waals surface area contributed by atoms with Gasteiger partial charge in [0.2, 0.25) is 0 Å². The molecule has 1 aromatic carbocycles. The van der Waals surface area contributed by atoms with E-state index in [0.717, 1.165) is 36.6 Å². The molecule has 4 heteroatoms. The molecule has 1 N–H and O–H groups in total. The maximum absolute atomic E-state index is 5.77. The summed E-state index contributed by atoms with van der Waals surface area (Å²) in [7, 11) is 3.41. The molecule has 0 aliphatic carbocycles.